The van der Waals surface area contributed by atoms with Gasteiger partial charge in [0.1, 0.15) is 5.75 Å². The third-order valence-corrected chi connectivity index (χ3v) is 4.41. The fourth-order valence-electron chi connectivity index (χ4n) is 2.88. The van der Waals surface area contributed by atoms with Crippen molar-refractivity contribution in [2.75, 3.05) is 0 Å². The van der Waals surface area contributed by atoms with Crippen molar-refractivity contribution in [1.82, 2.24) is 0 Å². The Balaban J connectivity index is 2.18. The van der Waals surface area contributed by atoms with Gasteiger partial charge in [-0.3, -0.25) is 4.79 Å². The largest absolute Gasteiger partial charge is 0.426 e. The molecule has 2 aromatic rings. The highest BCUT2D eigenvalue weighted by molar-refractivity contribution is 5.85. The van der Waals surface area contributed by atoms with Crippen LogP contribution in [0.15, 0.2) is 42.5 Å². The summed E-state index contributed by atoms with van der Waals surface area (Å²) in [6.45, 7) is 10.8. The molecule has 0 heterocycles. The number of esters is 1. The molecule has 2 rings (SSSR count). The van der Waals surface area contributed by atoms with Gasteiger partial charge in [-0.05, 0) is 40.7 Å². The van der Waals surface area contributed by atoms with Crippen LogP contribution in [0.4, 0.5) is 0 Å². The zero-order valence-corrected chi connectivity index (χ0v) is 14.9. The molecule has 0 radical (unpaired) electrons. The van der Waals surface area contributed by atoms with Gasteiger partial charge in [-0.1, -0.05) is 71.4 Å². The summed E-state index contributed by atoms with van der Waals surface area (Å²) in [6, 6.07) is 13.9. The maximum atomic E-state index is 12.7. The predicted octanol–water partition coefficient (Wildman–Crippen LogP) is 5.84. The van der Waals surface area contributed by atoms with E-state index in [-0.39, 0.29) is 17.3 Å². The van der Waals surface area contributed by atoms with Gasteiger partial charge in [0, 0.05) is 0 Å². The molecule has 0 bridgehead atoms. The van der Waals surface area contributed by atoms with Crippen molar-refractivity contribution < 1.29 is 9.53 Å². The highest BCUT2D eigenvalue weighted by atomic mass is 16.5. The molecule has 0 amide bonds. The second-order valence-electron chi connectivity index (χ2n) is 7.69. The fraction of sp³-hybridized carbons (Fsp3) is 0.476. The summed E-state index contributed by atoms with van der Waals surface area (Å²) >= 11 is 0. The highest BCUT2D eigenvalue weighted by Gasteiger charge is 2.30. The van der Waals surface area contributed by atoms with Gasteiger partial charge >= 0.3 is 5.97 Å². The normalized spacial score (nSPS) is 14.5. The lowest BCUT2D eigenvalue weighted by atomic mass is 9.78. The molecule has 0 fully saturated rings. The smallest absolute Gasteiger partial charge is 0.314 e. The summed E-state index contributed by atoms with van der Waals surface area (Å²) < 4.78 is 5.71. The highest BCUT2D eigenvalue weighted by Crippen LogP contribution is 2.32. The van der Waals surface area contributed by atoms with Crippen LogP contribution in [0.1, 0.15) is 47.5 Å². The van der Waals surface area contributed by atoms with Crippen molar-refractivity contribution in [2.24, 2.45) is 17.3 Å². The van der Waals surface area contributed by atoms with Crippen molar-refractivity contribution >= 4 is 16.7 Å². The lowest BCUT2D eigenvalue weighted by Gasteiger charge is -2.28. The summed E-state index contributed by atoms with van der Waals surface area (Å²) in [6.07, 6.45) is 1.82. The standard InChI is InChI=1S/C21H28O2/c1-6-15(2)19(14-21(3,4)5)20(22)23-18-12-11-16-9-7-8-10-17(16)13-18/h7-13,15,19H,6,14H2,1-5H3. The quantitative estimate of drug-likeness (QED) is 0.512. The van der Waals surface area contributed by atoms with Gasteiger partial charge in [0.25, 0.3) is 0 Å². The maximum absolute atomic E-state index is 12.7. The zero-order chi connectivity index (χ0) is 17.0. The Morgan fingerprint density at radius 1 is 1.09 bits per heavy atom. The average Bonchev–Trinajstić information content (AvgIpc) is 2.50. The van der Waals surface area contributed by atoms with E-state index in [9.17, 15) is 4.79 Å². The van der Waals surface area contributed by atoms with Gasteiger partial charge in [0.2, 0.25) is 0 Å². The van der Waals surface area contributed by atoms with Gasteiger partial charge in [-0.25, -0.2) is 0 Å². The van der Waals surface area contributed by atoms with Gasteiger partial charge in [0.15, 0.2) is 0 Å². The topological polar surface area (TPSA) is 26.3 Å². The molecule has 0 aromatic heterocycles. The molecule has 2 atom stereocenters. The number of rotatable bonds is 5. The van der Waals surface area contributed by atoms with Crippen molar-refractivity contribution in [3.63, 3.8) is 0 Å². The lowest BCUT2D eigenvalue weighted by Crippen LogP contribution is -2.30. The number of carbonyl (C=O) groups is 1. The van der Waals surface area contributed by atoms with Crippen LogP contribution in [0.2, 0.25) is 0 Å². The first-order chi connectivity index (χ1) is 10.8. The van der Waals surface area contributed by atoms with E-state index < -0.39 is 0 Å². The van der Waals surface area contributed by atoms with E-state index in [1.807, 2.05) is 36.4 Å². The van der Waals surface area contributed by atoms with Crippen LogP contribution >= 0.6 is 0 Å². The van der Waals surface area contributed by atoms with Crippen LogP contribution in [-0.4, -0.2) is 5.97 Å². The van der Waals surface area contributed by atoms with Crippen molar-refractivity contribution in [3.05, 3.63) is 42.5 Å². The first kappa shape index (κ1) is 17.5. The second kappa shape index (κ2) is 7.16. The number of hydrogen-bond acceptors (Lipinski definition) is 2. The third kappa shape index (κ3) is 4.82. The monoisotopic (exact) mass is 312 g/mol. The van der Waals surface area contributed by atoms with E-state index in [4.69, 9.17) is 4.74 Å². The number of ether oxygens (including phenoxy) is 1. The van der Waals surface area contributed by atoms with E-state index >= 15 is 0 Å². The van der Waals surface area contributed by atoms with Crippen LogP contribution in [-0.2, 0) is 4.79 Å². The molecule has 0 saturated carbocycles. The number of fused-ring (bicyclic) bond motifs is 1. The summed E-state index contributed by atoms with van der Waals surface area (Å²) in [5.41, 5.74) is 0.108. The van der Waals surface area contributed by atoms with Crippen molar-refractivity contribution in [2.45, 2.75) is 47.5 Å². The van der Waals surface area contributed by atoms with Crippen LogP contribution in [0, 0.1) is 17.3 Å². The van der Waals surface area contributed by atoms with Crippen LogP contribution in [0.5, 0.6) is 5.75 Å². The molecule has 0 aliphatic carbocycles. The predicted molar refractivity (Wildman–Crippen MR) is 96.6 cm³/mol. The minimum Gasteiger partial charge on any atom is -0.426 e. The summed E-state index contributed by atoms with van der Waals surface area (Å²) in [7, 11) is 0. The molecule has 124 valence electrons. The first-order valence-electron chi connectivity index (χ1n) is 8.50. The molecule has 0 aliphatic rings. The fourth-order valence-corrected chi connectivity index (χ4v) is 2.88. The summed E-state index contributed by atoms with van der Waals surface area (Å²) in [4.78, 5) is 12.7. The zero-order valence-electron chi connectivity index (χ0n) is 14.9. The first-order valence-corrected chi connectivity index (χ1v) is 8.50. The van der Waals surface area contributed by atoms with Crippen LogP contribution in [0.3, 0.4) is 0 Å². The molecule has 2 aromatic carbocycles. The Morgan fingerprint density at radius 3 is 2.35 bits per heavy atom. The third-order valence-electron chi connectivity index (χ3n) is 4.41. The summed E-state index contributed by atoms with van der Waals surface area (Å²) in [5, 5.41) is 2.24. The van der Waals surface area contributed by atoms with Crippen molar-refractivity contribution in [1.29, 1.82) is 0 Å². The molecule has 2 unspecified atom stereocenters. The Bertz CT molecular complexity index is 667. The second-order valence-corrected chi connectivity index (χ2v) is 7.69. The Kier molecular flexibility index (Phi) is 5.46. The average molecular weight is 312 g/mol. The molecule has 0 aliphatic heterocycles. The van der Waals surface area contributed by atoms with Crippen LogP contribution < -0.4 is 4.74 Å². The van der Waals surface area contributed by atoms with E-state index in [0.717, 1.165) is 23.6 Å². The Morgan fingerprint density at radius 2 is 1.74 bits per heavy atom. The molecule has 23 heavy (non-hydrogen) atoms. The molecule has 2 heteroatoms. The van der Waals surface area contributed by atoms with Crippen molar-refractivity contribution in [3.8, 4) is 5.75 Å². The van der Waals surface area contributed by atoms with Gasteiger partial charge < -0.3 is 4.74 Å². The van der Waals surface area contributed by atoms with Gasteiger partial charge in [-0.15, -0.1) is 0 Å². The Labute approximate surface area is 139 Å². The molecular weight excluding hydrogens is 284 g/mol. The number of hydrogen-bond donors (Lipinski definition) is 0. The number of carbonyl (C=O) groups excluding carboxylic acids is 1. The summed E-state index contributed by atoms with van der Waals surface area (Å²) in [5.74, 6) is 0.786. The van der Waals surface area contributed by atoms with Gasteiger partial charge in [0.05, 0.1) is 5.92 Å². The van der Waals surface area contributed by atoms with E-state index in [1.54, 1.807) is 0 Å². The Hall–Kier alpha value is -1.83. The van der Waals surface area contributed by atoms with Crippen LogP contribution in [0.25, 0.3) is 10.8 Å². The maximum Gasteiger partial charge on any atom is 0.314 e. The van der Waals surface area contributed by atoms with Gasteiger partial charge in [-0.2, -0.15) is 0 Å². The minimum atomic E-state index is -0.107. The molecule has 0 N–H and O–H groups in total. The van der Waals surface area contributed by atoms with E-state index in [1.165, 1.54) is 0 Å². The number of benzene rings is 2. The molecular formula is C21H28O2. The lowest BCUT2D eigenvalue weighted by molar-refractivity contribution is -0.142. The molecule has 0 spiro atoms. The molecule has 2 nitrogen and oxygen atoms in total. The minimum absolute atomic E-state index is 0.0635. The van der Waals surface area contributed by atoms with E-state index in [2.05, 4.69) is 40.7 Å². The van der Waals surface area contributed by atoms with E-state index in [0.29, 0.717) is 11.7 Å². The SMILES string of the molecule is CCC(C)C(CC(C)(C)C)C(=O)Oc1ccc2ccccc2c1. The molecule has 0 saturated heterocycles.